The fourth-order valence-electron chi connectivity index (χ4n) is 1.77. The number of methoxy groups -OCH3 is 1. The van der Waals surface area contributed by atoms with E-state index in [-0.39, 0.29) is 5.91 Å². The van der Waals surface area contributed by atoms with Gasteiger partial charge in [-0.2, -0.15) is 5.10 Å². The molecule has 0 fully saturated rings. The number of nitrogens with two attached hydrogens (primary N) is 1. The zero-order valence-corrected chi connectivity index (χ0v) is 12.0. The highest BCUT2D eigenvalue weighted by molar-refractivity contribution is 6.01. The lowest BCUT2D eigenvalue weighted by Crippen LogP contribution is -2.19. The molecule has 0 saturated heterocycles. The van der Waals surface area contributed by atoms with Crippen molar-refractivity contribution < 1.29 is 9.53 Å². The van der Waals surface area contributed by atoms with Crippen LogP contribution in [0.25, 0.3) is 0 Å². The molecule has 0 spiro atoms. The molecule has 108 valence electrons. The highest BCUT2D eigenvalue weighted by Gasteiger charge is 2.05. The first kappa shape index (κ1) is 14.6. The fraction of sp³-hybridized carbons (Fsp3) is 0.125. The van der Waals surface area contributed by atoms with E-state index in [0.717, 1.165) is 5.56 Å². The maximum Gasteiger partial charge on any atom is 0.271 e. The first-order chi connectivity index (χ1) is 10.1. The zero-order valence-electron chi connectivity index (χ0n) is 12.0. The van der Waals surface area contributed by atoms with E-state index in [9.17, 15) is 4.79 Å². The van der Waals surface area contributed by atoms with Crippen LogP contribution in [0.3, 0.4) is 0 Å². The lowest BCUT2D eigenvalue weighted by Gasteiger charge is -2.04. The number of carbonyl (C=O) groups excluding carboxylic acids is 1. The Bertz CT molecular complexity index is 663. The van der Waals surface area contributed by atoms with Crippen LogP contribution < -0.4 is 15.9 Å². The first-order valence-electron chi connectivity index (χ1n) is 6.45. The van der Waals surface area contributed by atoms with Crippen molar-refractivity contribution in [1.82, 2.24) is 5.43 Å². The number of nitrogens with zero attached hydrogens (tertiary/aromatic N) is 1. The topological polar surface area (TPSA) is 76.7 Å². The van der Waals surface area contributed by atoms with E-state index in [1.165, 1.54) is 0 Å². The minimum atomic E-state index is -0.277. The van der Waals surface area contributed by atoms with Crippen LogP contribution >= 0.6 is 0 Å². The SMILES string of the molecule is COc1ccc(C(=O)N/N=C(\C)c2cccc(N)c2)cc1. The van der Waals surface area contributed by atoms with Crippen LogP contribution in [0.1, 0.15) is 22.8 Å². The zero-order chi connectivity index (χ0) is 15.2. The molecule has 0 aliphatic rings. The van der Waals surface area contributed by atoms with Crippen LogP contribution in [-0.4, -0.2) is 18.7 Å². The van der Waals surface area contributed by atoms with Crippen molar-refractivity contribution in [3.8, 4) is 5.75 Å². The largest absolute Gasteiger partial charge is 0.497 e. The molecule has 0 atom stereocenters. The molecule has 2 aromatic rings. The second-order valence-corrected chi connectivity index (χ2v) is 4.49. The second-order valence-electron chi connectivity index (χ2n) is 4.49. The number of benzene rings is 2. The van der Waals surface area contributed by atoms with Crippen LogP contribution in [0.15, 0.2) is 53.6 Å². The van der Waals surface area contributed by atoms with E-state index in [4.69, 9.17) is 10.5 Å². The molecule has 1 amide bonds. The van der Waals surface area contributed by atoms with Gasteiger partial charge in [-0.15, -0.1) is 0 Å². The van der Waals surface area contributed by atoms with Crippen molar-refractivity contribution in [2.24, 2.45) is 5.10 Å². The minimum Gasteiger partial charge on any atom is -0.497 e. The van der Waals surface area contributed by atoms with E-state index >= 15 is 0 Å². The monoisotopic (exact) mass is 283 g/mol. The van der Waals surface area contributed by atoms with Gasteiger partial charge in [0.2, 0.25) is 0 Å². The van der Waals surface area contributed by atoms with Crippen molar-refractivity contribution >= 4 is 17.3 Å². The molecule has 21 heavy (non-hydrogen) atoms. The van der Waals surface area contributed by atoms with Crippen molar-refractivity contribution in [2.75, 3.05) is 12.8 Å². The van der Waals surface area contributed by atoms with Gasteiger partial charge in [-0.3, -0.25) is 4.79 Å². The normalized spacial score (nSPS) is 11.0. The summed E-state index contributed by atoms with van der Waals surface area (Å²) in [6.45, 7) is 1.81. The molecule has 2 aromatic carbocycles. The van der Waals surface area contributed by atoms with Gasteiger partial charge in [0.15, 0.2) is 0 Å². The number of hydrogen-bond donors (Lipinski definition) is 2. The quantitative estimate of drug-likeness (QED) is 0.514. The highest BCUT2D eigenvalue weighted by Crippen LogP contribution is 2.11. The maximum atomic E-state index is 12.0. The minimum absolute atomic E-state index is 0.277. The van der Waals surface area contributed by atoms with Gasteiger partial charge in [0.25, 0.3) is 5.91 Å². The number of anilines is 1. The average molecular weight is 283 g/mol. The van der Waals surface area contributed by atoms with E-state index < -0.39 is 0 Å². The number of carbonyl (C=O) groups is 1. The summed E-state index contributed by atoms with van der Waals surface area (Å²) in [5.41, 5.74) is 11.0. The van der Waals surface area contributed by atoms with Crippen molar-refractivity contribution in [2.45, 2.75) is 6.92 Å². The predicted molar refractivity (Wildman–Crippen MR) is 83.5 cm³/mol. The van der Waals surface area contributed by atoms with E-state index in [2.05, 4.69) is 10.5 Å². The molecule has 3 N–H and O–H groups in total. The molecule has 5 heteroatoms. The molecule has 0 bridgehead atoms. The van der Waals surface area contributed by atoms with Gasteiger partial charge >= 0.3 is 0 Å². The van der Waals surface area contributed by atoms with Gasteiger partial charge in [0.05, 0.1) is 12.8 Å². The molecule has 0 unspecified atom stereocenters. The molecule has 0 radical (unpaired) electrons. The Morgan fingerprint density at radius 2 is 1.86 bits per heavy atom. The van der Waals surface area contributed by atoms with Gasteiger partial charge in [-0.25, -0.2) is 5.43 Å². The third-order valence-corrected chi connectivity index (χ3v) is 2.98. The molecule has 0 saturated carbocycles. The van der Waals surface area contributed by atoms with Gasteiger partial charge in [0.1, 0.15) is 5.75 Å². The number of rotatable bonds is 4. The molecule has 2 rings (SSSR count). The van der Waals surface area contributed by atoms with Gasteiger partial charge in [-0.1, -0.05) is 12.1 Å². The Balaban J connectivity index is 2.06. The predicted octanol–water partition coefficient (Wildman–Crippen LogP) is 2.43. The van der Waals surface area contributed by atoms with E-state index in [0.29, 0.717) is 22.7 Å². The summed E-state index contributed by atoms with van der Waals surface area (Å²) in [6, 6.07) is 14.1. The van der Waals surface area contributed by atoms with Crippen LogP contribution in [-0.2, 0) is 0 Å². The number of ether oxygens (including phenoxy) is 1. The second kappa shape index (κ2) is 6.56. The number of hydrogen-bond acceptors (Lipinski definition) is 4. The highest BCUT2D eigenvalue weighted by atomic mass is 16.5. The molecule has 0 heterocycles. The Labute approximate surface area is 123 Å². The Kier molecular flexibility index (Phi) is 4.56. The molecule has 0 aromatic heterocycles. The third-order valence-electron chi connectivity index (χ3n) is 2.98. The summed E-state index contributed by atoms with van der Waals surface area (Å²) in [5, 5.41) is 4.08. The summed E-state index contributed by atoms with van der Waals surface area (Å²) in [4.78, 5) is 12.0. The molecular formula is C16H17N3O2. The summed E-state index contributed by atoms with van der Waals surface area (Å²) >= 11 is 0. The van der Waals surface area contributed by atoms with Crippen molar-refractivity contribution in [3.63, 3.8) is 0 Å². The number of amides is 1. The van der Waals surface area contributed by atoms with Crippen molar-refractivity contribution in [1.29, 1.82) is 0 Å². The van der Waals surface area contributed by atoms with E-state index in [1.54, 1.807) is 43.5 Å². The van der Waals surface area contributed by atoms with Crippen LogP contribution in [0.2, 0.25) is 0 Å². The van der Waals surface area contributed by atoms with Crippen molar-refractivity contribution in [3.05, 3.63) is 59.7 Å². The lowest BCUT2D eigenvalue weighted by atomic mass is 10.1. The van der Waals surface area contributed by atoms with Crippen LogP contribution in [0.4, 0.5) is 5.69 Å². The smallest absolute Gasteiger partial charge is 0.271 e. The third kappa shape index (κ3) is 3.82. The molecule has 0 aliphatic carbocycles. The summed E-state index contributed by atoms with van der Waals surface area (Å²) in [7, 11) is 1.58. The standard InChI is InChI=1S/C16H17N3O2/c1-11(13-4-3-5-14(17)10-13)18-19-16(20)12-6-8-15(21-2)9-7-12/h3-10H,17H2,1-2H3,(H,19,20)/b18-11+. The Hall–Kier alpha value is -2.82. The van der Waals surface area contributed by atoms with Crippen LogP contribution in [0, 0.1) is 0 Å². The summed E-state index contributed by atoms with van der Waals surface area (Å²) < 4.78 is 5.05. The van der Waals surface area contributed by atoms with Gasteiger partial charge in [-0.05, 0) is 48.9 Å². The average Bonchev–Trinajstić information content (AvgIpc) is 2.52. The summed E-state index contributed by atoms with van der Waals surface area (Å²) in [6.07, 6.45) is 0. The Morgan fingerprint density at radius 1 is 1.14 bits per heavy atom. The number of hydrazone groups is 1. The molecule has 5 nitrogen and oxygen atoms in total. The van der Waals surface area contributed by atoms with Crippen LogP contribution in [0.5, 0.6) is 5.75 Å². The number of nitrogen functional groups attached to an aromatic ring is 1. The summed E-state index contributed by atoms with van der Waals surface area (Å²) in [5.74, 6) is 0.423. The first-order valence-corrected chi connectivity index (χ1v) is 6.45. The molecule has 0 aliphatic heterocycles. The fourth-order valence-corrected chi connectivity index (χ4v) is 1.77. The van der Waals surface area contributed by atoms with Gasteiger partial charge < -0.3 is 10.5 Å². The molecular weight excluding hydrogens is 266 g/mol. The Morgan fingerprint density at radius 3 is 2.48 bits per heavy atom. The van der Waals surface area contributed by atoms with Gasteiger partial charge in [0, 0.05) is 11.3 Å². The lowest BCUT2D eigenvalue weighted by molar-refractivity contribution is 0.0955. The van der Waals surface area contributed by atoms with E-state index in [1.807, 2.05) is 19.1 Å². The number of nitrogens with one attached hydrogen (secondary N) is 1. The maximum absolute atomic E-state index is 12.0.